The van der Waals surface area contributed by atoms with Gasteiger partial charge in [-0.3, -0.25) is 9.78 Å². The van der Waals surface area contributed by atoms with Crippen LogP contribution in [0.2, 0.25) is 0 Å². The summed E-state index contributed by atoms with van der Waals surface area (Å²) in [4.78, 5) is 14.7. The lowest BCUT2D eigenvalue weighted by Gasteiger charge is -2.10. The molecule has 17 heavy (non-hydrogen) atoms. The van der Waals surface area contributed by atoms with Crippen LogP contribution in [0.1, 0.15) is 23.4 Å². The van der Waals surface area contributed by atoms with Crippen molar-refractivity contribution < 1.29 is 22.7 Å². The average molecular weight is 248 g/mol. The molecule has 0 saturated heterocycles. The molecule has 0 saturated carbocycles. The van der Waals surface area contributed by atoms with E-state index in [0.29, 0.717) is 0 Å². The second kappa shape index (κ2) is 5.62. The molecule has 0 atom stereocenters. The summed E-state index contributed by atoms with van der Waals surface area (Å²) in [5, 5.41) is 0. The topological polar surface area (TPSA) is 65.2 Å². The summed E-state index contributed by atoms with van der Waals surface area (Å²) in [7, 11) is 1.10. The van der Waals surface area contributed by atoms with Crippen molar-refractivity contribution in [3.63, 3.8) is 0 Å². The van der Waals surface area contributed by atoms with E-state index in [1.807, 2.05) is 0 Å². The largest absolute Gasteiger partial charge is 0.469 e. The molecule has 1 aromatic rings. The first-order valence-corrected chi connectivity index (χ1v) is 4.72. The number of rotatable bonds is 4. The number of esters is 1. The van der Waals surface area contributed by atoms with Gasteiger partial charge in [0.15, 0.2) is 0 Å². The quantitative estimate of drug-likeness (QED) is 0.816. The minimum Gasteiger partial charge on any atom is -0.469 e. The third kappa shape index (κ3) is 3.16. The Bertz CT molecular complexity index is 424. The molecule has 0 unspecified atom stereocenters. The molecule has 2 N–H and O–H groups in total. The maximum absolute atomic E-state index is 13.4. The van der Waals surface area contributed by atoms with Crippen LogP contribution < -0.4 is 5.73 Å². The molecule has 0 fully saturated rings. The van der Waals surface area contributed by atoms with Gasteiger partial charge in [0, 0.05) is 6.54 Å². The van der Waals surface area contributed by atoms with E-state index in [0.717, 1.165) is 13.2 Å². The van der Waals surface area contributed by atoms with Crippen molar-refractivity contribution in [1.29, 1.82) is 0 Å². The lowest BCUT2D eigenvalue weighted by atomic mass is 10.1. The Hall–Kier alpha value is -1.63. The second-order valence-corrected chi connectivity index (χ2v) is 3.21. The normalized spacial score (nSPS) is 10.7. The summed E-state index contributed by atoms with van der Waals surface area (Å²) in [6, 6.07) is 0.836. The van der Waals surface area contributed by atoms with Crippen molar-refractivity contribution in [2.45, 2.75) is 19.4 Å². The monoisotopic (exact) mass is 248 g/mol. The number of pyridine rings is 1. The predicted octanol–water partition coefficient (Wildman–Crippen LogP) is 1.33. The molecule has 4 nitrogen and oxygen atoms in total. The van der Waals surface area contributed by atoms with E-state index < -0.39 is 30.2 Å². The van der Waals surface area contributed by atoms with Crippen molar-refractivity contribution in [1.82, 2.24) is 4.98 Å². The third-order valence-electron chi connectivity index (χ3n) is 2.11. The summed E-state index contributed by atoms with van der Waals surface area (Å²) < 4.78 is 42.9. The van der Waals surface area contributed by atoms with E-state index >= 15 is 0 Å². The fraction of sp³-hybridized carbons (Fsp3) is 0.400. The average Bonchev–Trinajstić information content (AvgIpc) is 2.27. The molecule has 1 heterocycles. The van der Waals surface area contributed by atoms with E-state index in [4.69, 9.17) is 5.73 Å². The zero-order chi connectivity index (χ0) is 13.0. The number of aromatic nitrogens is 1. The highest BCUT2D eigenvalue weighted by atomic mass is 19.3. The van der Waals surface area contributed by atoms with Crippen LogP contribution in [0.15, 0.2) is 6.07 Å². The lowest BCUT2D eigenvalue weighted by Crippen LogP contribution is -2.13. The summed E-state index contributed by atoms with van der Waals surface area (Å²) in [6.45, 7) is -0.103. The molecule has 0 aliphatic rings. The number of nitrogens with two attached hydrogens (primary N) is 1. The number of hydrogen-bond donors (Lipinski definition) is 1. The molecule has 1 rings (SSSR count). The molecule has 1 aromatic heterocycles. The van der Waals surface area contributed by atoms with Gasteiger partial charge in [0.1, 0.15) is 5.82 Å². The SMILES string of the molecule is COC(=O)Cc1nc(CN)cc(F)c1C(F)F. The maximum atomic E-state index is 13.4. The van der Waals surface area contributed by atoms with Gasteiger partial charge in [-0.15, -0.1) is 0 Å². The van der Waals surface area contributed by atoms with Crippen molar-refractivity contribution >= 4 is 5.97 Å². The van der Waals surface area contributed by atoms with Crippen molar-refractivity contribution in [2.24, 2.45) is 5.73 Å². The standard InChI is InChI=1S/C10H11F3N2O2/c1-17-8(16)3-7-9(10(12)13)6(11)2-5(4-14)15-7/h2,10H,3-4,14H2,1H3. The van der Waals surface area contributed by atoms with Crippen LogP contribution >= 0.6 is 0 Å². The number of hydrogen-bond acceptors (Lipinski definition) is 4. The van der Waals surface area contributed by atoms with Crippen LogP contribution in [0.3, 0.4) is 0 Å². The molecule has 0 aliphatic heterocycles. The van der Waals surface area contributed by atoms with Gasteiger partial charge >= 0.3 is 5.97 Å². The Morgan fingerprint density at radius 1 is 1.59 bits per heavy atom. The summed E-state index contributed by atoms with van der Waals surface area (Å²) in [6.07, 6.45) is -3.56. The number of carbonyl (C=O) groups excluding carboxylic acids is 1. The van der Waals surface area contributed by atoms with E-state index in [9.17, 15) is 18.0 Å². The van der Waals surface area contributed by atoms with Crippen LogP contribution in [-0.2, 0) is 22.5 Å². The number of methoxy groups -OCH3 is 1. The molecule has 0 amide bonds. The first kappa shape index (κ1) is 13.4. The van der Waals surface area contributed by atoms with Gasteiger partial charge in [-0.05, 0) is 6.07 Å². The van der Waals surface area contributed by atoms with Crippen molar-refractivity contribution in [3.8, 4) is 0 Å². The first-order chi connectivity index (χ1) is 7.99. The van der Waals surface area contributed by atoms with E-state index in [1.165, 1.54) is 0 Å². The molecule has 0 spiro atoms. The smallest absolute Gasteiger partial charge is 0.311 e. The van der Waals surface area contributed by atoms with Crippen molar-refractivity contribution in [2.75, 3.05) is 7.11 Å². The summed E-state index contributed by atoms with van der Waals surface area (Å²) in [5.74, 6) is -1.89. The Kier molecular flexibility index (Phi) is 4.45. The third-order valence-corrected chi connectivity index (χ3v) is 2.11. The van der Waals surface area contributed by atoms with E-state index in [-0.39, 0.29) is 17.9 Å². The molecule has 7 heteroatoms. The molecular formula is C10H11F3N2O2. The molecule has 0 bridgehead atoms. The van der Waals surface area contributed by atoms with Crippen LogP contribution in [0.25, 0.3) is 0 Å². The van der Waals surface area contributed by atoms with Crippen LogP contribution in [-0.4, -0.2) is 18.1 Å². The highest BCUT2D eigenvalue weighted by molar-refractivity contribution is 5.72. The van der Waals surface area contributed by atoms with Gasteiger partial charge in [0.2, 0.25) is 0 Å². The fourth-order valence-electron chi connectivity index (χ4n) is 1.31. The number of alkyl halides is 2. The summed E-state index contributed by atoms with van der Waals surface area (Å²) >= 11 is 0. The van der Waals surface area contributed by atoms with Gasteiger partial charge < -0.3 is 10.5 Å². The second-order valence-electron chi connectivity index (χ2n) is 3.21. The Morgan fingerprint density at radius 3 is 2.71 bits per heavy atom. The maximum Gasteiger partial charge on any atom is 0.311 e. The minimum atomic E-state index is -3.05. The predicted molar refractivity (Wildman–Crippen MR) is 52.8 cm³/mol. The van der Waals surface area contributed by atoms with Gasteiger partial charge in [0.05, 0.1) is 30.5 Å². The van der Waals surface area contributed by atoms with Crippen LogP contribution in [0.5, 0.6) is 0 Å². The molecular weight excluding hydrogens is 237 g/mol. The zero-order valence-electron chi connectivity index (χ0n) is 9.04. The lowest BCUT2D eigenvalue weighted by molar-refractivity contribution is -0.139. The minimum absolute atomic E-state index is 0.103. The van der Waals surface area contributed by atoms with E-state index in [1.54, 1.807) is 0 Å². The molecule has 94 valence electrons. The van der Waals surface area contributed by atoms with Gasteiger partial charge in [-0.25, -0.2) is 13.2 Å². The van der Waals surface area contributed by atoms with Crippen LogP contribution in [0, 0.1) is 5.82 Å². The van der Waals surface area contributed by atoms with E-state index in [2.05, 4.69) is 9.72 Å². The zero-order valence-corrected chi connectivity index (χ0v) is 9.04. The van der Waals surface area contributed by atoms with Gasteiger partial charge in [-0.1, -0.05) is 0 Å². The highest BCUT2D eigenvalue weighted by Gasteiger charge is 2.22. The Labute approximate surface area is 95.6 Å². The molecule has 0 radical (unpaired) electrons. The highest BCUT2D eigenvalue weighted by Crippen LogP contribution is 2.26. The number of nitrogens with zero attached hydrogens (tertiary/aromatic N) is 1. The first-order valence-electron chi connectivity index (χ1n) is 4.72. The Morgan fingerprint density at radius 2 is 2.24 bits per heavy atom. The number of carbonyl (C=O) groups is 1. The summed E-state index contributed by atoms with van der Waals surface area (Å²) in [5.41, 5.74) is 4.12. The fourth-order valence-corrected chi connectivity index (χ4v) is 1.31. The molecule has 0 aliphatic carbocycles. The van der Waals surface area contributed by atoms with Gasteiger partial charge in [-0.2, -0.15) is 0 Å². The van der Waals surface area contributed by atoms with Crippen LogP contribution in [0.4, 0.5) is 13.2 Å². The number of ether oxygens (including phenoxy) is 1. The van der Waals surface area contributed by atoms with Gasteiger partial charge in [0.25, 0.3) is 6.43 Å². The van der Waals surface area contributed by atoms with Crippen molar-refractivity contribution in [3.05, 3.63) is 28.8 Å². The number of halogens is 3. The Balaban J connectivity index is 3.22. The molecule has 0 aromatic carbocycles.